The summed E-state index contributed by atoms with van der Waals surface area (Å²) in [6, 6.07) is 8.32. The summed E-state index contributed by atoms with van der Waals surface area (Å²) in [5.74, 6) is -0.231. The minimum Gasteiger partial charge on any atom is -0.394 e. The molecule has 0 spiro atoms. The van der Waals surface area contributed by atoms with Gasteiger partial charge in [0.05, 0.1) is 12.6 Å². The molecule has 0 aliphatic carbocycles. The van der Waals surface area contributed by atoms with Crippen molar-refractivity contribution in [1.29, 1.82) is 0 Å². The first-order valence-corrected chi connectivity index (χ1v) is 5.27. The predicted molar refractivity (Wildman–Crippen MR) is 60.8 cm³/mol. The lowest BCUT2D eigenvalue weighted by atomic mass is 9.95. The Balaban J connectivity index is 2.08. The second kappa shape index (κ2) is 4.86. The molecule has 1 aromatic rings. The number of amides is 1. The number of β-lactam (4-membered cyclic amide) rings is 1. The summed E-state index contributed by atoms with van der Waals surface area (Å²) in [4.78, 5) is 15.8. The lowest BCUT2D eigenvalue weighted by molar-refractivity contribution is -0.152. The van der Waals surface area contributed by atoms with Gasteiger partial charge in [-0.05, 0) is 11.1 Å². The highest BCUT2D eigenvalue weighted by Crippen LogP contribution is 2.25. The summed E-state index contributed by atoms with van der Waals surface area (Å²) in [5.41, 5.74) is 9.30. The Hall–Kier alpha value is -2.04. The summed E-state index contributed by atoms with van der Waals surface area (Å²) in [7, 11) is 0. The van der Waals surface area contributed by atoms with Gasteiger partial charge in [-0.25, -0.2) is 0 Å². The molecule has 0 aromatic heterocycles. The zero-order valence-corrected chi connectivity index (χ0v) is 9.10. The lowest BCUT2D eigenvalue weighted by Crippen LogP contribution is -2.64. The van der Waals surface area contributed by atoms with Crippen LogP contribution in [0, 0.1) is 0 Å². The van der Waals surface area contributed by atoms with E-state index in [1.807, 2.05) is 30.3 Å². The summed E-state index contributed by atoms with van der Waals surface area (Å²) < 4.78 is 0. The molecule has 88 valence electrons. The number of hydrogen-bond donors (Lipinski definition) is 1. The van der Waals surface area contributed by atoms with Crippen molar-refractivity contribution in [2.45, 2.75) is 18.6 Å². The van der Waals surface area contributed by atoms with Crippen LogP contribution in [0.4, 0.5) is 0 Å². The summed E-state index contributed by atoms with van der Waals surface area (Å²) in [6.07, 6.45) is 0. The van der Waals surface area contributed by atoms with Gasteiger partial charge in [-0.3, -0.25) is 4.79 Å². The average molecular weight is 232 g/mol. The molecular formula is C11H12N4O2. The first-order chi connectivity index (χ1) is 8.27. The second-order valence-electron chi connectivity index (χ2n) is 3.85. The molecule has 1 heterocycles. The minimum atomic E-state index is -0.756. The van der Waals surface area contributed by atoms with Gasteiger partial charge >= 0.3 is 0 Å². The molecule has 1 aliphatic heterocycles. The molecule has 17 heavy (non-hydrogen) atoms. The third-order valence-corrected chi connectivity index (χ3v) is 2.86. The maximum Gasteiger partial charge on any atom is 0.234 e. The van der Waals surface area contributed by atoms with Crippen molar-refractivity contribution in [2.75, 3.05) is 6.61 Å². The van der Waals surface area contributed by atoms with Crippen LogP contribution in [0.15, 0.2) is 35.4 Å². The Kier molecular flexibility index (Phi) is 3.27. The van der Waals surface area contributed by atoms with Crippen molar-refractivity contribution in [3.8, 4) is 0 Å². The summed E-state index contributed by atoms with van der Waals surface area (Å²) in [6.45, 7) is 0.241. The molecule has 6 nitrogen and oxygen atoms in total. The second-order valence-corrected chi connectivity index (χ2v) is 3.85. The highest BCUT2D eigenvalue weighted by molar-refractivity contribution is 5.89. The van der Waals surface area contributed by atoms with Gasteiger partial charge in [-0.1, -0.05) is 35.4 Å². The number of benzene rings is 1. The molecule has 2 atom stereocenters. The van der Waals surface area contributed by atoms with Crippen LogP contribution in [-0.4, -0.2) is 34.6 Å². The molecule has 1 amide bonds. The molecule has 0 unspecified atom stereocenters. The number of azide groups is 1. The summed E-state index contributed by atoms with van der Waals surface area (Å²) in [5, 5.41) is 12.6. The quantitative estimate of drug-likeness (QED) is 0.364. The van der Waals surface area contributed by atoms with Crippen molar-refractivity contribution < 1.29 is 9.90 Å². The summed E-state index contributed by atoms with van der Waals surface area (Å²) >= 11 is 0. The fourth-order valence-electron chi connectivity index (χ4n) is 1.94. The van der Waals surface area contributed by atoms with E-state index in [-0.39, 0.29) is 12.5 Å². The maximum absolute atomic E-state index is 11.7. The van der Waals surface area contributed by atoms with E-state index in [1.165, 1.54) is 4.90 Å². The number of carbonyl (C=O) groups excluding carboxylic acids is 1. The highest BCUT2D eigenvalue weighted by atomic mass is 16.3. The number of rotatable bonds is 4. The van der Waals surface area contributed by atoms with Crippen LogP contribution in [0.3, 0.4) is 0 Å². The van der Waals surface area contributed by atoms with E-state index in [4.69, 9.17) is 5.53 Å². The van der Waals surface area contributed by atoms with E-state index in [9.17, 15) is 9.90 Å². The molecule has 1 fully saturated rings. The number of carbonyl (C=O) groups is 1. The van der Waals surface area contributed by atoms with Gasteiger partial charge in [-0.15, -0.1) is 0 Å². The Morgan fingerprint density at radius 2 is 2.12 bits per heavy atom. The van der Waals surface area contributed by atoms with E-state index in [0.717, 1.165) is 5.56 Å². The minimum absolute atomic E-state index is 0.192. The number of aliphatic hydroxyl groups excluding tert-OH is 1. The molecule has 1 N–H and O–H groups in total. The fourth-order valence-corrected chi connectivity index (χ4v) is 1.94. The van der Waals surface area contributed by atoms with Crippen LogP contribution in [-0.2, 0) is 11.3 Å². The number of aliphatic hydroxyl groups is 1. The topological polar surface area (TPSA) is 89.3 Å². The molecule has 0 radical (unpaired) electrons. The van der Waals surface area contributed by atoms with Crippen molar-refractivity contribution in [1.82, 2.24) is 4.90 Å². The molecule has 2 rings (SSSR count). The normalized spacial score (nSPS) is 22.9. The smallest absolute Gasteiger partial charge is 0.234 e. The van der Waals surface area contributed by atoms with E-state index < -0.39 is 12.1 Å². The predicted octanol–water partition coefficient (Wildman–Crippen LogP) is 1.07. The third-order valence-electron chi connectivity index (χ3n) is 2.86. The molecule has 0 saturated carbocycles. The van der Waals surface area contributed by atoms with Crippen LogP contribution >= 0.6 is 0 Å². The SMILES string of the molecule is [N-]=[N+]=N[C@@H]1C(=O)N(Cc2ccccc2)[C@H]1CO. The molecule has 6 heteroatoms. The Morgan fingerprint density at radius 1 is 1.41 bits per heavy atom. The Labute approximate surface area is 98.1 Å². The van der Waals surface area contributed by atoms with Crippen molar-refractivity contribution in [3.05, 3.63) is 46.3 Å². The van der Waals surface area contributed by atoms with Crippen LogP contribution < -0.4 is 0 Å². The number of nitrogens with zero attached hydrogens (tertiary/aromatic N) is 4. The van der Waals surface area contributed by atoms with Gasteiger partial charge in [0, 0.05) is 11.5 Å². The van der Waals surface area contributed by atoms with Crippen molar-refractivity contribution >= 4 is 5.91 Å². The highest BCUT2D eigenvalue weighted by Gasteiger charge is 2.46. The van der Waals surface area contributed by atoms with Gasteiger partial charge < -0.3 is 10.0 Å². The van der Waals surface area contributed by atoms with Gasteiger partial charge in [0.2, 0.25) is 5.91 Å². The Bertz CT molecular complexity index is 456. The largest absolute Gasteiger partial charge is 0.394 e. The first kappa shape index (κ1) is 11.4. The maximum atomic E-state index is 11.7. The third kappa shape index (κ3) is 2.08. The van der Waals surface area contributed by atoms with Crippen LogP contribution in [0.2, 0.25) is 0 Å². The standard InChI is InChI=1S/C11H12N4O2/c12-14-13-10-9(7-16)15(11(10)17)6-8-4-2-1-3-5-8/h1-5,9-10,16H,6-7H2/t9-,10-/m0/s1. The van der Waals surface area contributed by atoms with Gasteiger partial charge in [0.15, 0.2) is 0 Å². The van der Waals surface area contributed by atoms with Crippen LogP contribution in [0.5, 0.6) is 0 Å². The molecule has 0 bridgehead atoms. The van der Waals surface area contributed by atoms with Crippen LogP contribution in [0.25, 0.3) is 10.4 Å². The van der Waals surface area contributed by atoms with E-state index in [1.54, 1.807) is 0 Å². The zero-order valence-electron chi connectivity index (χ0n) is 9.10. The van der Waals surface area contributed by atoms with E-state index >= 15 is 0 Å². The molecule has 1 aromatic carbocycles. The number of hydrogen-bond acceptors (Lipinski definition) is 3. The number of likely N-dealkylation sites (tertiary alicyclic amines) is 1. The monoisotopic (exact) mass is 232 g/mol. The molecule has 1 aliphatic rings. The van der Waals surface area contributed by atoms with Gasteiger partial charge in [0.1, 0.15) is 6.04 Å². The van der Waals surface area contributed by atoms with Crippen molar-refractivity contribution in [2.24, 2.45) is 5.11 Å². The van der Waals surface area contributed by atoms with E-state index in [2.05, 4.69) is 10.0 Å². The fraction of sp³-hybridized carbons (Fsp3) is 0.364. The molecular weight excluding hydrogens is 220 g/mol. The van der Waals surface area contributed by atoms with Crippen molar-refractivity contribution in [3.63, 3.8) is 0 Å². The average Bonchev–Trinajstić information content (AvgIpc) is 2.38. The van der Waals surface area contributed by atoms with Gasteiger partial charge in [-0.2, -0.15) is 0 Å². The molecule has 1 saturated heterocycles. The first-order valence-electron chi connectivity index (χ1n) is 5.27. The van der Waals surface area contributed by atoms with Gasteiger partial charge in [0.25, 0.3) is 0 Å². The van der Waals surface area contributed by atoms with E-state index in [0.29, 0.717) is 6.54 Å². The Morgan fingerprint density at radius 3 is 2.71 bits per heavy atom. The lowest BCUT2D eigenvalue weighted by Gasteiger charge is -2.44. The van der Waals surface area contributed by atoms with Crippen LogP contribution in [0.1, 0.15) is 5.56 Å². The zero-order chi connectivity index (χ0) is 12.3.